The quantitative estimate of drug-likeness (QED) is 0.508. The number of ether oxygens (including phenoxy) is 3. The highest BCUT2D eigenvalue weighted by molar-refractivity contribution is 4.65. The molecule has 0 aliphatic carbocycles. The van der Waals surface area contributed by atoms with Crippen LogP contribution < -0.4 is 5.32 Å². The minimum Gasteiger partial charge on any atom is -0.395 e. The van der Waals surface area contributed by atoms with E-state index in [1.54, 1.807) is 7.11 Å². The molecule has 0 aliphatic heterocycles. The van der Waals surface area contributed by atoms with Crippen molar-refractivity contribution in [3.05, 3.63) is 0 Å². The molecule has 0 aromatic carbocycles. The van der Waals surface area contributed by atoms with Crippen molar-refractivity contribution in [2.75, 3.05) is 40.1 Å². The van der Waals surface area contributed by atoms with E-state index in [0.29, 0.717) is 26.4 Å². The monoisotopic (exact) mass is 221 g/mol. The van der Waals surface area contributed by atoms with Gasteiger partial charge in [-0.3, -0.25) is 0 Å². The van der Waals surface area contributed by atoms with Gasteiger partial charge in [-0.15, -0.1) is 0 Å². The topological polar surface area (TPSA) is 60.0 Å². The Morgan fingerprint density at radius 2 is 1.80 bits per heavy atom. The van der Waals surface area contributed by atoms with Crippen LogP contribution in [0.1, 0.15) is 13.8 Å². The predicted octanol–water partition coefficient (Wildman–Crippen LogP) is -0.0176. The standard InChI is InChI=1S/C10H23NO4/c1-4-14-10(15-5-2)6-11-9(7-12)8-13-3/h9-12H,4-8H2,1-3H3. The highest BCUT2D eigenvalue weighted by atomic mass is 16.7. The molecule has 1 atom stereocenters. The van der Waals surface area contributed by atoms with Crippen LogP contribution in [0.15, 0.2) is 0 Å². The van der Waals surface area contributed by atoms with E-state index in [4.69, 9.17) is 19.3 Å². The second kappa shape index (κ2) is 10.3. The molecule has 1 unspecified atom stereocenters. The fraction of sp³-hybridized carbons (Fsp3) is 1.00. The number of aliphatic hydroxyl groups excluding tert-OH is 1. The molecular weight excluding hydrogens is 198 g/mol. The van der Waals surface area contributed by atoms with E-state index in [-0.39, 0.29) is 18.9 Å². The summed E-state index contributed by atoms with van der Waals surface area (Å²) in [6.07, 6.45) is -0.258. The Bertz CT molecular complexity index is 129. The lowest BCUT2D eigenvalue weighted by Gasteiger charge is -2.21. The van der Waals surface area contributed by atoms with Crippen molar-refractivity contribution in [3.63, 3.8) is 0 Å². The smallest absolute Gasteiger partial charge is 0.169 e. The molecule has 0 aliphatic rings. The van der Waals surface area contributed by atoms with E-state index in [1.165, 1.54) is 0 Å². The van der Waals surface area contributed by atoms with Gasteiger partial charge in [0.25, 0.3) is 0 Å². The maximum Gasteiger partial charge on any atom is 0.169 e. The van der Waals surface area contributed by atoms with Crippen LogP contribution in [0.25, 0.3) is 0 Å². The minimum absolute atomic E-state index is 0.0405. The molecule has 0 aromatic heterocycles. The maximum atomic E-state index is 9.01. The molecular formula is C10H23NO4. The van der Waals surface area contributed by atoms with Gasteiger partial charge in [-0.2, -0.15) is 0 Å². The van der Waals surface area contributed by atoms with Gasteiger partial charge >= 0.3 is 0 Å². The van der Waals surface area contributed by atoms with Crippen molar-refractivity contribution in [1.29, 1.82) is 0 Å². The van der Waals surface area contributed by atoms with Crippen molar-refractivity contribution >= 4 is 0 Å². The number of methoxy groups -OCH3 is 1. The highest BCUT2D eigenvalue weighted by Crippen LogP contribution is 1.94. The van der Waals surface area contributed by atoms with Gasteiger partial charge < -0.3 is 24.6 Å². The molecule has 0 rings (SSSR count). The number of hydrogen-bond donors (Lipinski definition) is 2. The minimum atomic E-state index is -0.258. The van der Waals surface area contributed by atoms with Gasteiger partial charge in [0.2, 0.25) is 0 Å². The first-order chi connectivity index (χ1) is 7.28. The summed E-state index contributed by atoms with van der Waals surface area (Å²) in [5.74, 6) is 0. The van der Waals surface area contributed by atoms with E-state index >= 15 is 0 Å². The highest BCUT2D eigenvalue weighted by Gasteiger charge is 2.11. The average molecular weight is 221 g/mol. The molecule has 0 radical (unpaired) electrons. The molecule has 5 heteroatoms. The molecule has 0 heterocycles. The molecule has 0 amide bonds. The molecule has 0 saturated heterocycles. The van der Waals surface area contributed by atoms with Gasteiger partial charge in [0.1, 0.15) is 0 Å². The fourth-order valence-corrected chi connectivity index (χ4v) is 1.18. The number of nitrogens with one attached hydrogen (secondary N) is 1. The molecule has 0 spiro atoms. The Morgan fingerprint density at radius 3 is 2.20 bits per heavy atom. The van der Waals surface area contributed by atoms with Crippen molar-refractivity contribution in [1.82, 2.24) is 5.32 Å². The molecule has 0 bridgehead atoms. The Labute approximate surface area is 91.7 Å². The third-order valence-electron chi connectivity index (χ3n) is 1.87. The maximum absolute atomic E-state index is 9.01. The normalized spacial score (nSPS) is 13.4. The second-order valence-corrected chi connectivity index (χ2v) is 3.08. The first-order valence-corrected chi connectivity index (χ1v) is 5.34. The summed E-state index contributed by atoms with van der Waals surface area (Å²) in [4.78, 5) is 0. The molecule has 0 saturated carbocycles. The average Bonchev–Trinajstić information content (AvgIpc) is 2.24. The zero-order valence-corrected chi connectivity index (χ0v) is 9.86. The lowest BCUT2D eigenvalue weighted by atomic mass is 10.3. The summed E-state index contributed by atoms with van der Waals surface area (Å²) >= 11 is 0. The molecule has 0 fully saturated rings. The van der Waals surface area contributed by atoms with Gasteiger partial charge in [0.15, 0.2) is 6.29 Å². The van der Waals surface area contributed by atoms with Gasteiger partial charge in [-0.05, 0) is 13.8 Å². The van der Waals surface area contributed by atoms with E-state index < -0.39 is 0 Å². The molecule has 2 N–H and O–H groups in total. The van der Waals surface area contributed by atoms with Crippen LogP contribution in [0.2, 0.25) is 0 Å². The van der Waals surface area contributed by atoms with Crippen LogP contribution >= 0.6 is 0 Å². The van der Waals surface area contributed by atoms with Gasteiger partial charge in [-0.25, -0.2) is 0 Å². The molecule has 92 valence electrons. The van der Waals surface area contributed by atoms with Crippen LogP contribution in [0, 0.1) is 0 Å². The summed E-state index contributed by atoms with van der Waals surface area (Å²) in [5.41, 5.74) is 0. The lowest BCUT2D eigenvalue weighted by molar-refractivity contribution is -0.134. The number of rotatable bonds is 10. The first kappa shape index (κ1) is 14.8. The largest absolute Gasteiger partial charge is 0.395 e. The van der Waals surface area contributed by atoms with Crippen LogP contribution in [0.4, 0.5) is 0 Å². The number of aliphatic hydroxyl groups is 1. The zero-order chi connectivity index (χ0) is 11.5. The molecule has 15 heavy (non-hydrogen) atoms. The van der Waals surface area contributed by atoms with E-state index in [9.17, 15) is 0 Å². The predicted molar refractivity (Wildman–Crippen MR) is 57.8 cm³/mol. The van der Waals surface area contributed by atoms with Crippen LogP contribution in [-0.4, -0.2) is 57.5 Å². The van der Waals surface area contributed by atoms with E-state index in [0.717, 1.165) is 0 Å². The van der Waals surface area contributed by atoms with Crippen LogP contribution in [0.3, 0.4) is 0 Å². The van der Waals surface area contributed by atoms with Crippen LogP contribution in [0.5, 0.6) is 0 Å². The number of hydrogen-bond acceptors (Lipinski definition) is 5. The summed E-state index contributed by atoms with van der Waals surface area (Å²) < 4.78 is 15.6. The van der Waals surface area contributed by atoms with Gasteiger partial charge in [-0.1, -0.05) is 0 Å². The zero-order valence-electron chi connectivity index (χ0n) is 9.86. The summed E-state index contributed by atoms with van der Waals surface area (Å²) in [5, 5.41) is 12.1. The Hall–Kier alpha value is -0.200. The van der Waals surface area contributed by atoms with E-state index in [2.05, 4.69) is 5.32 Å². The van der Waals surface area contributed by atoms with Gasteiger partial charge in [0.05, 0.1) is 19.3 Å². The van der Waals surface area contributed by atoms with Crippen molar-refractivity contribution in [2.24, 2.45) is 0 Å². The Kier molecular flexibility index (Phi) is 10.2. The third kappa shape index (κ3) is 7.70. The third-order valence-corrected chi connectivity index (χ3v) is 1.87. The fourth-order valence-electron chi connectivity index (χ4n) is 1.18. The SMILES string of the molecule is CCOC(CNC(CO)COC)OCC. The van der Waals surface area contributed by atoms with Crippen molar-refractivity contribution in [2.45, 2.75) is 26.2 Å². The Balaban J connectivity index is 3.73. The van der Waals surface area contributed by atoms with Gasteiger partial charge in [0, 0.05) is 26.9 Å². The summed E-state index contributed by atoms with van der Waals surface area (Å²) in [6, 6.07) is -0.0709. The van der Waals surface area contributed by atoms with Crippen molar-refractivity contribution in [3.8, 4) is 0 Å². The van der Waals surface area contributed by atoms with E-state index in [1.807, 2.05) is 13.8 Å². The first-order valence-electron chi connectivity index (χ1n) is 5.34. The Morgan fingerprint density at radius 1 is 1.20 bits per heavy atom. The second-order valence-electron chi connectivity index (χ2n) is 3.08. The lowest BCUT2D eigenvalue weighted by Crippen LogP contribution is -2.42. The summed E-state index contributed by atoms with van der Waals surface area (Å²) in [7, 11) is 1.60. The molecule has 0 aromatic rings. The summed E-state index contributed by atoms with van der Waals surface area (Å²) in [6.45, 7) is 6.13. The molecule has 5 nitrogen and oxygen atoms in total. The van der Waals surface area contributed by atoms with Crippen molar-refractivity contribution < 1.29 is 19.3 Å². The van der Waals surface area contributed by atoms with Crippen LogP contribution in [-0.2, 0) is 14.2 Å².